The van der Waals surface area contributed by atoms with Crippen molar-refractivity contribution >= 4 is 34.1 Å². The lowest BCUT2D eigenvalue weighted by Crippen LogP contribution is -2.30. The Hall–Kier alpha value is -2.58. The molecular weight excluding hydrogens is 392 g/mol. The third-order valence-electron chi connectivity index (χ3n) is 3.95. The summed E-state index contributed by atoms with van der Waals surface area (Å²) in [6.07, 6.45) is 0. The van der Waals surface area contributed by atoms with Gasteiger partial charge in [-0.2, -0.15) is 0 Å². The number of methoxy groups -OCH3 is 1. The standard InChI is InChI=1S/C20H22N4O2S2/c1-3-21-19-23-24-20(28-19)27-13-17(25)22-18(14-7-5-4-6-8-14)15-9-11-16(26-2)12-10-15/h4-12,18H,3,13H2,1-2H3,(H,21,23)(H,22,25)/t18-/m1/s1. The summed E-state index contributed by atoms with van der Waals surface area (Å²) in [6, 6.07) is 17.4. The lowest BCUT2D eigenvalue weighted by atomic mass is 9.98. The SMILES string of the molecule is CCNc1nnc(SCC(=O)N[C@H](c2ccccc2)c2ccc(OC)cc2)s1. The molecule has 1 amide bonds. The van der Waals surface area contributed by atoms with Crippen molar-refractivity contribution in [2.75, 3.05) is 24.7 Å². The zero-order valence-electron chi connectivity index (χ0n) is 15.7. The first kappa shape index (κ1) is 20.2. The number of nitrogens with zero attached hydrogens (tertiary/aromatic N) is 2. The molecule has 2 aromatic carbocycles. The van der Waals surface area contributed by atoms with Gasteiger partial charge in [-0.3, -0.25) is 4.79 Å². The molecule has 0 aliphatic heterocycles. The molecule has 8 heteroatoms. The van der Waals surface area contributed by atoms with E-state index in [2.05, 4.69) is 20.8 Å². The fourth-order valence-electron chi connectivity index (χ4n) is 2.62. The van der Waals surface area contributed by atoms with E-state index >= 15 is 0 Å². The Kier molecular flexibility index (Phi) is 7.27. The smallest absolute Gasteiger partial charge is 0.231 e. The number of aromatic nitrogens is 2. The summed E-state index contributed by atoms with van der Waals surface area (Å²) in [5.74, 6) is 1.00. The average molecular weight is 415 g/mol. The molecule has 0 aliphatic rings. The summed E-state index contributed by atoms with van der Waals surface area (Å²) >= 11 is 2.84. The van der Waals surface area contributed by atoms with Crippen LogP contribution in [0.4, 0.5) is 5.13 Å². The second-order valence-electron chi connectivity index (χ2n) is 5.88. The fourth-order valence-corrected chi connectivity index (χ4v) is 4.25. The largest absolute Gasteiger partial charge is 0.497 e. The van der Waals surface area contributed by atoms with Crippen LogP contribution in [-0.2, 0) is 4.79 Å². The first-order valence-corrected chi connectivity index (χ1v) is 10.7. The lowest BCUT2D eigenvalue weighted by Gasteiger charge is -2.20. The number of hydrogen-bond acceptors (Lipinski definition) is 7. The molecule has 0 unspecified atom stereocenters. The molecule has 1 atom stereocenters. The van der Waals surface area contributed by atoms with Gasteiger partial charge in [-0.25, -0.2) is 0 Å². The Morgan fingerprint density at radius 3 is 2.50 bits per heavy atom. The number of ether oxygens (including phenoxy) is 1. The Morgan fingerprint density at radius 1 is 1.11 bits per heavy atom. The topological polar surface area (TPSA) is 76.1 Å². The van der Waals surface area contributed by atoms with Gasteiger partial charge in [0.2, 0.25) is 11.0 Å². The van der Waals surface area contributed by atoms with Crippen molar-refractivity contribution < 1.29 is 9.53 Å². The lowest BCUT2D eigenvalue weighted by molar-refractivity contribution is -0.119. The van der Waals surface area contributed by atoms with E-state index in [0.29, 0.717) is 0 Å². The van der Waals surface area contributed by atoms with Gasteiger partial charge in [-0.15, -0.1) is 10.2 Å². The molecular formula is C20H22N4O2S2. The van der Waals surface area contributed by atoms with Gasteiger partial charge in [0.25, 0.3) is 0 Å². The minimum atomic E-state index is -0.230. The van der Waals surface area contributed by atoms with E-state index in [-0.39, 0.29) is 17.7 Å². The van der Waals surface area contributed by atoms with Crippen molar-refractivity contribution in [1.29, 1.82) is 0 Å². The van der Waals surface area contributed by atoms with E-state index in [1.807, 2.05) is 61.5 Å². The van der Waals surface area contributed by atoms with Crippen LogP contribution in [0.25, 0.3) is 0 Å². The summed E-state index contributed by atoms with van der Waals surface area (Å²) in [6.45, 7) is 2.80. The van der Waals surface area contributed by atoms with Gasteiger partial charge in [-0.1, -0.05) is 65.6 Å². The number of hydrogen-bond donors (Lipinski definition) is 2. The van der Waals surface area contributed by atoms with Gasteiger partial charge in [-0.05, 0) is 30.2 Å². The van der Waals surface area contributed by atoms with Crippen molar-refractivity contribution in [2.24, 2.45) is 0 Å². The third kappa shape index (κ3) is 5.46. The van der Waals surface area contributed by atoms with E-state index in [1.54, 1.807) is 7.11 Å². The van der Waals surface area contributed by atoms with Crippen molar-refractivity contribution in [3.63, 3.8) is 0 Å². The van der Waals surface area contributed by atoms with E-state index < -0.39 is 0 Å². The predicted molar refractivity (Wildman–Crippen MR) is 114 cm³/mol. The first-order valence-electron chi connectivity index (χ1n) is 8.88. The van der Waals surface area contributed by atoms with E-state index in [0.717, 1.165) is 32.9 Å². The highest BCUT2D eigenvalue weighted by Gasteiger charge is 2.17. The fraction of sp³-hybridized carbons (Fsp3) is 0.250. The highest BCUT2D eigenvalue weighted by Crippen LogP contribution is 2.27. The van der Waals surface area contributed by atoms with Crippen LogP contribution in [0.3, 0.4) is 0 Å². The normalized spacial score (nSPS) is 11.6. The number of nitrogens with one attached hydrogen (secondary N) is 2. The Morgan fingerprint density at radius 2 is 1.82 bits per heavy atom. The molecule has 0 aliphatic carbocycles. The number of amides is 1. The number of carbonyl (C=O) groups is 1. The third-order valence-corrected chi connectivity index (χ3v) is 5.96. The van der Waals surface area contributed by atoms with Gasteiger partial charge in [0.1, 0.15) is 5.75 Å². The van der Waals surface area contributed by atoms with Crippen LogP contribution in [0.15, 0.2) is 58.9 Å². The zero-order valence-corrected chi connectivity index (χ0v) is 17.3. The molecule has 3 aromatic rings. The number of anilines is 1. The maximum atomic E-state index is 12.6. The molecule has 0 fully saturated rings. The second-order valence-corrected chi connectivity index (χ2v) is 8.08. The molecule has 0 saturated heterocycles. The average Bonchev–Trinajstić information content (AvgIpc) is 3.19. The van der Waals surface area contributed by atoms with Gasteiger partial charge >= 0.3 is 0 Å². The second kappa shape index (κ2) is 10.1. The molecule has 1 heterocycles. The summed E-state index contributed by atoms with van der Waals surface area (Å²) in [5, 5.41) is 15.2. The van der Waals surface area contributed by atoms with Crippen molar-refractivity contribution in [2.45, 2.75) is 17.3 Å². The number of benzene rings is 2. The number of carbonyl (C=O) groups excluding carboxylic acids is 1. The molecule has 0 spiro atoms. The molecule has 146 valence electrons. The molecule has 1 aromatic heterocycles. The highest BCUT2D eigenvalue weighted by atomic mass is 32.2. The van der Waals surface area contributed by atoms with Gasteiger partial charge < -0.3 is 15.4 Å². The van der Waals surface area contributed by atoms with Crippen LogP contribution < -0.4 is 15.4 Å². The van der Waals surface area contributed by atoms with E-state index in [9.17, 15) is 4.79 Å². The van der Waals surface area contributed by atoms with Crippen LogP contribution >= 0.6 is 23.1 Å². The molecule has 0 saturated carbocycles. The quantitative estimate of drug-likeness (QED) is 0.516. The molecule has 0 bridgehead atoms. The maximum absolute atomic E-state index is 12.6. The van der Waals surface area contributed by atoms with E-state index in [4.69, 9.17) is 4.74 Å². The van der Waals surface area contributed by atoms with Crippen molar-refractivity contribution in [3.05, 3.63) is 65.7 Å². The molecule has 28 heavy (non-hydrogen) atoms. The molecule has 0 radical (unpaired) electrons. The Bertz CT molecular complexity index is 885. The predicted octanol–water partition coefficient (Wildman–Crippen LogP) is 3.98. The van der Waals surface area contributed by atoms with Crippen LogP contribution in [0.2, 0.25) is 0 Å². The number of thioether (sulfide) groups is 1. The van der Waals surface area contributed by atoms with Crippen LogP contribution in [0.5, 0.6) is 5.75 Å². The first-order chi connectivity index (χ1) is 13.7. The van der Waals surface area contributed by atoms with Crippen LogP contribution in [-0.4, -0.2) is 35.5 Å². The van der Waals surface area contributed by atoms with E-state index in [1.165, 1.54) is 23.1 Å². The Labute approximate surface area is 172 Å². The van der Waals surface area contributed by atoms with Gasteiger partial charge in [0.05, 0.1) is 18.9 Å². The van der Waals surface area contributed by atoms with Crippen LogP contribution in [0, 0.1) is 0 Å². The van der Waals surface area contributed by atoms with Crippen LogP contribution in [0.1, 0.15) is 24.1 Å². The summed E-state index contributed by atoms with van der Waals surface area (Å²) < 4.78 is 6.01. The van der Waals surface area contributed by atoms with Crippen molar-refractivity contribution in [3.8, 4) is 5.75 Å². The molecule has 6 nitrogen and oxygen atoms in total. The monoisotopic (exact) mass is 414 g/mol. The highest BCUT2D eigenvalue weighted by molar-refractivity contribution is 8.01. The minimum absolute atomic E-state index is 0.0603. The summed E-state index contributed by atoms with van der Waals surface area (Å²) in [7, 11) is 1.64. The molecule has 3 rings (SSSR count). The molecule has 2 N–H and O–H groups in total. The summed E-state index contributed by atoms with van der Waals surface area (Å²) in [4.78, 5) is 12.6. The number of rotatable bonds is 9. The summed E-state index contributed by atoms with van der Waals surface area (Å²) in [5.41, 5.74) is 2.02. The minimum Gasteiger partial charge on any atom is -0.497 e. The van der Waals surface area contributed by atoms with Gasteiger partial charge in [0, 0.05) is 6.54 Å². The zero-order chi connectivity index (χ0) is 19.8. The van der Waals surface area contributed by atoms with Gasteiger partial charge in [0.15, 0.2) is 4.34 Å². The maximum Gasteiger partial charge on any atom is 0.231 e. The Balaban J connectivity index is 1.68. The van der Waals surface area contributed by atoms with Crippen molar-refractivity contribution in [1.82, 2.24) is 15.5 Å².